The van der Waals surface area contributed by atoms with E-state index in [2.05, 4.69) is 27.3 Å². The SMILES string of the molecule is CN(C)c1ccc(C(=O)NCCc2ccc(Br)s2)cc1. The van der Waals surface area contributed by atoms with Gasteiger partial charge in [0.1, 0.15) is 0 Å². The van der Waals surface area contributed by atoms with Crippen molar-refractivity contribution in [3.05, 3.63) is 50.6 Å². The number of nitrogens with one attached hydrogen (secondary N) is 1. The van der Waals surface area contributed by atoms with E-state index in [-0.39, 0.29) is 5.91 Å². The molecule has 0 aliphatic rings. The fourth-order valence-corrected chi connectivity index (χ4v) is 3.28. The maximum Gasteiger partial charge on any atom is 0.251 e. The number of anilines is 1. The van der Waals surface area contributed by atoms with Crippen molar-refractivity contribution >= 4 is 38.9 Å². The Labute approximate surface area is 131 Å². The topological polar surface area (TPSA) is 32.3 Å². The Morgan fingerprint density at radius 2 is 1.90 bits per heavy atom. The predicted octanol–water partition coefficient (Wildman–Crippen LogP) is 3.55. The first-order valence-corrected chi connectivity index (χ1v) is 7.97. The first-order valence-electron chi connectivity index (χ1n) is 6.36. The molecule has 1 aromatic carbocycles. The molecule has 0 spiro atoms. The molecule has 0 aliphatic heterocycles. The van der Waals surface area contributed by atoms with Gasteiger partial charge in [-0.1, -0.05) is 0 Å². The van der Waals surface area contributed by atoms with Gasteiger partial charge < -0.3 is 10.2 Å². The van der Waals surface area contributed by atoms with E-state index < -0.39 is 0 Å². The van der Waals surface area contributed by atoms with Crippen LogP contribution in [0.5, 0.6) is 0 Å². The highest BCUT2D eigenvalue weighted by Crippen LogP contribution is 2.22. The monoisotopic (exact) mass is 352 g/mol. The summed E-state index contributed by atoms with van der Waals surface area (Å²) in [5.74, 6) is -0.0223. The zero-order valence-corrected chi connectivity index (χ0v) is 13.9. The molecule has 2 aromatic rings. The van der Waals surface area contributed by atoms with Crippen LogP contribution < -0.4 is 10.2 Å². The lowest BCUT2D eigenvalue weighted by Crippen LogP contribution is -2.25. The van der Waals surface area contributed by atoms with Gasteiger partial charge in [-0.15, -0.1) is 11.3 Å². The fourth-order valence-electron chi connectivity index (χ4n) is 1.80. The Morgan fingerprint density at radius 3 is 2.45 bits per heavy atom. The molecule has 0 bridgehead atoms. The highest BCUT2D eigenvalue weighted by atomic mass is 79.9. The summed E-state index contributed by atoms with van der Waals surface area (Å²) < 4.78 is 1.12. The van der Waals surface area contributed by atoms with Gasteiger partial charge >= 0.3 is 0 Å². The van der Waals surface area contributed by atoms with Gasteiger partial charge in [0.2, 0.25) is 0 Å². The zero-order valence-electron chi connectivity index (χ0n) is 11.5. The van der Waals surface area contributed by atoms with Crippen LogP contribution in [0.2, 0.25) is 0 Å². The van der Waals surface area contributed by atoms with Crippen LogP contribution in [0.15, 0.2) is 40.2 Å². The number of carbonyl (C=O) groups excluding carboxylic acids is 1. The number of amides is 1. The molecule has 5 heteroatoms. The van der Waals surface area contributed by atoms with Crippen LogP contribution in [0.4, 0.5) is 5.69 Å². The van der Waals surface area contributed by atoms with Crippen molar-refractivity contribution in [2.75, 3.05) is 25.5 Å². The summed E-state index contributed by atoms with van der Waals surface area (Å²) in [5, 5.41) is 2.94. The Hall–Kier alpha value is -1.33. The van der Waals surface area contributed by atoms with Crippen LogP contribution in [0.3, 0.4) is 0 Å². The van der Waals surface area contributed by atoms with Gasteiger partial charge in [-0.05, 0) is 58.7 Å². The third kappa shape index (κ3) is 4.08. The summed E-state index contributed by atoms with van der Waals surface area (Å²) in [7, 11) is 3.96. The molecule has 1 heterocycles. The minimum atomic E-state index is -0.0223. The van der Waals surface area contributed by atoms with E-state index in [0.717, 1.165) is 15.9 Å². The molecule has 0 fully saturated rings. The molecule has 0 aliphatic carbocycles. The maximum atomic E-state index is 12.0. The minimum absolute atomic E-state index is 0.0223. The zero-order chi connectivity index (χ0) is 14.5. The third-order valence-electron chi connectivity index (χ3n) is 2.93. The normalized spacial score (nSPS) is 10.3. The summed E-state index contributed by atoms with van der Waals surface area (Å²) >= 11 is 5.14. The van der Waals surface area contributed by atoms with Gasteiger partial charge in [-0.25, -0.2) is 0 Å². The first-order chi connectivity index (χ1) is 9.56. The van der Waals surface area contributed by atoms with E-state index in [1.807, 2.05) is 49.3 Å². The van der Waals surface area contributed by atoms with Crippen molar-refractivity contribution in [1.82, 2.24) is 5.32 Å². The molecule has 1 amide bonds. The van der Waals surface area contributed by atoms with E-state index >= 15 is 0 Å². The maximum absolute atomic E-state index is 12.0. The van der Waals surface area contributed by atoms with E-state index in [0.29, 0.717) is 12.1 Å². The van der Waals surface area contributed by atoms with Gasteiger partial charge in [-0.3, -0.25) is 4.79 Å². The smallest absolute Gasteiger partial charge is 0.251 e. The molecule has 0 atom stereocenters. The lowest BCUT2D eigenvalue weighted by molar-refractivity contribution is 0.0954. The lowest BCUT2D eigenvalue weighted by atomic mass is 10.2. The number of carbonyl (C=O) groups is 1. The molecule has 0 unspecified atom stereocenters. The molecule has 20 heavy (non-hydrogen) atoms. The van der Waals surface area contributed by atoms with Crippen LogP contribution in [0.25, 0.3) is 0 Å². The van der Waals surface area contributed by atoms with Crippen molar-refractivity contribution in [3.8, 4) is 0 Å². The molecule has 0 saturated heterocycles. The third-order valence-corrected chi connectivity index (χ3v) is 4.62. The van der Waals surface area contributed by atoms with E-state index in [4.69, 9.17) is 0 Å². The van der Waals surface area contributed by atoms with Crippen molar-refractivity contribution in [2.45, 2.75) is 6.42 Å². The lowest BCUT2D eigenvalue weighted by Gasteiger charge is -2.12. The molecular formula is C15H17BrN2OS. The number of thiophene rings is 1. The molecule has 3 nitrogen and oxygen atoms in total. The second-order valence-corrected chi connectivity index (χ2v) is 7.20. The van der Waals surface area contributed by atoms with Gasteiger partial charge in [0, 0.05) is 36.8 Å². The Balaban J connectivity index is 1.85. The van der Waals surface area contributed by atoms with Crippen LogP contribution >= 0.6 is 27.3 Å². The number of hydrogen-bond donors (Lipinski definition) is 1. The second-order valence-electron chi connectivity index (χ2n) is 4.65. The van der Waals surface area contributed by atoms with Gasteiger partial charge in [0.05, 0.1) is 3.79 Å². The van der Waals surface area contributed by atoms with Crippen LogP contribution in [0, 0.1) is 0 Å². The van der Waals surface area contributed by atoms with Crippen LogP contribution in [-0.2, 0) is 6.42 Å². The summed E-state index contributed by atoms with van der Waals surface area (Å²) in [6, 6.07) is 11.7. The Kier molecular flexibility index (Phi) is 5.20. The molecule has 2 rings (SSSR count). The van der Waals surface area contributed by atoms with Gasteiger partial charge in [0.25, 0.3) is 5.91 Å². The van der Waals surface area contributed by atoms with Crippen molar-refractivity contribution in [1.29, 1.82) is 0 Å². The molecule has 0 radical (unpaired) electrons. The van der Waals surface area contributed by atoms with Gasteiger partial charge in [-0.2, -0.15) is 0 Å². The second kappa shape index (κ2) is 6.90. The van der Waals surface area contributed by atoms with E-state index in [1.165, 1.54) is 4.88 Å². The van der Waals surface area contributed by atoms with Crippen LogP contribution in [0.1, 0.15) is 15.2 Å². The molecule has 106 valence electrons. The standard InChI is InChI=1S/C15H17BrN2OS/c1-18(2)12-5-3-11(4-6-12)15(19)17-10-9-13-7-8-14(16)20-13/h3-8H,9-10H2,1-2H3,(H,17,19). The predicted molar refractivity (Wildman–Crippen MR) is 88.8 cm³/mol. The van der Waals surface area contributed by atoms with Crippen LogP contribution in [-0.4, -0.2) is 26.5 Å². The summed E-state index contributed by atoms with van der Waals surface area (Å²) in [6.45, 7) is 0.654. The number of halogens is 1. The highest BCUT2D eigenvalue weighted by molar-refractivity contribution is 9.11. The Bertz CT molecular complexity index is 578. The minimum Gasteiger partial charge on any atom is -0.378 e. The first kappa shape index (κ1) is 15.1. The number of benzene rings is 1. The molecule has 1 N–H and O–H groups in total. The highest BCUT2D eigenvalue weighted by Gasteiger charge is 2.06. The summed E-state index contributed by atoms with van der Waals surface area (Å²) in [4.78, 5) is 15.3. The number of hydrogen-bond acceptors (Lipinski definition) is 3. The average molecular weight is 353 g/mol. The molecular weight excluding hydrogens is 336 g/mol. The summed E-state index contributed by atoms with van der Waals surface area (Å²) in [5.41, 5.74) is 1.79. The average Bonchev–Trinajstić information content (AvgIpc) is 2.84. The van der Waals surface area contributed by atoms with Crippen molar-refractivity contribution in [3.63, 3.8) is 0 Å². The molecule has 1 aromatic heterocycles. The number of nitrogens with zero attached hydrogens (tertiary/aromatic N) is 1. The molecule has 0 saturated carbocycles. The van der Waals surface area contributed by atoms with E-state index in [9.17, 15) is 4.79 Å². The number of rotatable bonds is 5. The van der Waals surface area contributed by atoms with Crippen molar-refractivity contribution in [2.24, 2.45) is 0 Å². The summed E-state index contributed by atoms with van der Waals surface area (Å²) in [6.07, 6.45) is 0.859. The quantitative estimate of drug-likeness (QED) is 0.892. The Morgan fingerprint density at radius 1 is 1.20 bits per heavy atom. The fraction of sp³-hybridized carbons (Fsp3) is 0.267. The largest absolute Gasteiger partial charge is 0.378 e. The van der Waals surface area contributed by atoms with Crippen molar-refractivity contribution < 1.29 is 4.79 Å². The van der Waals surface area contributed by atoms with Gasteiger partial charge in [0.15, 0.2) is 0 Å². The van der Waals surface area contributed by atoms with E-state index in [1.54, 1.807) is 11.3 Å².